The van der Waals surface area contributed by atoms with E-state index in [0.29, 0.717) is 6.61 Å². The second-order valence-electron chi connectivity index (χ2n) is 8.91. The summed E-state index contributed by atoms with van der Waals surface area (Å²) in [5.41, 5.74) is 6.37. The summed E-state index contributed by atoms with van der Waals surface area (Å²) < 4.78 is 12.4. The Kier molecular flexibility index (Phi) is 8.36. The third-order valence-corrected chi connectivity index (χ3v) is 6.98. The zero-order valence-electron chi connectivity index (χ0n) is 21.4. The number of furan rings is 1. The summed E-state index contributed by atoms with van der Waals surface area (Å²) in [6.45, 7) is 18.3. The Morgan fingerprint density at radius 1 is 0.909 bits per heavy atom. The van der Waals surface area contributed by atoms with E-state index in [-0.39, 0.29) is 5.78 Å². The molecule has 0 aliphatic carbocycles. The van der Waals surface area contributed by atoms with Gasteiger partial charge in [-0.05, 0) is 75.5 Å². The highest BCUT2D eigenvalue weighted by atomic mass is 16.5. The number of para-hydroxylation sites is 1. The minimum absolute atomic E-state index is 0.0574. The van der Waals surface area contributed by atoms with E-state index in [4.69, 9.17) is 9.15 Å². The zero-order chi connectivity index (χ0) is 24.1. The first kappa shape index (κ1) is 25.0. The Balaban J connectivity index is 2.03. The minimum atomic E-state index is 0.0574. The second-order valence-corrected chi connectivity index (χ2v) is 8.91. The number of ketones is 1. The Morgan fingerprint density at radius 3 is 2.15 bits per heavy atom. The molecule has 0 spiro atoms. The van der Waals surface area contributed by atoms with Crippen molar-refractivity contribution in [3.8, 4) is 5.75 Å². The summed E-state index contributed by atoms with van der Waals surface area (Å²) in [4.78, 5) is 16.4. The van der Waals surface area contributed by atoms with Gasteiger partial charge in [-0.25, -0.2) is 0 Å². The Bertz CT molecular complexity index is 1090. The molecule has 0 amide bonds. The number of rotatable bonds is 11. The van der Waals surface area contributed by atoms with E-state index in [1.165, 1.54) is 0 Å². The van der Waals surface area contributed by atoms with Crippen LogP contribution in [0.3, 0.4) is 0 Å². The second kappa shape index (κ2) is 11.0. The largest absolute Gasteiger partial charge is 0.492 e. The summed E-state index contributed by atoms with van der Waals surface area (Å²) in [6, 6.07) is 7.88. The van der Waals surface area contributed by atoms with Crippen molar-refractivity contribution in [3.63, 3.8) is 0 Å². The van der Waals surface area contributed by atoms with Crippen LogP contribution in [0.25, 0.3) is 11.0 Å². The van der Waals surface area contributed by atoms with Crippen molar-refractivity contribution < 1.29 is 13.9 Å². The lowest BCUT2D eigenvalue weighted by molar-refractivity contribution is 0.103. The van der Waals surface area contributed by atoms with Crippen molar-refractivity contribution in [3.05, 3.63) is 63.4 Å². The van der Waals surface area contributed by atoms with E-state index < -0.39 is 0 Å². The fraction of sp³-hybridized carbons (Fsp3) is 0.483. The maximum atomic E-state index is 14.0. The van der Waals surface area contributed by atoms with E-state index in [1.54, 1.807) is 0 Å². The van der Waals surface area contributed by atoms with Gasteiger partial charge in [-0.2, -0.15) is 0 Å². The zero-order valence-corrected chi connectivity index (χ0v) is 21.4. The number of hydrogen-bond donors (Lipinski definition) is 0. The standard InChI is InChI=1S/C29H39NO3/c1-8-11-15-25-27(23-14-12-13-16-24(23)33-25)28(31)26-19(4)21(6)29(22(7)20(26)5)32-18-17-30(9-2)10-3/h12-14,16H,8-11,15,17-18H2,1-7H3. The molecule has 3 rings (SSSR count). The van der Waals surface area contributed by atoms with E-state index in [0.717, 1.165) is 94.8 Å². The molecule has 33 heavy (non-hydrogen) atoms. The van der Waals surface area contributed by atoms with Crippen LogP contribution in [-0.2, 0) is 6.42 Å². The number of fused-ring (bicyclic) bond motifs is 1. The molecule has 0 fully saturated rings. The van der Waals surface area contributed by atoms with Gasteiger partial charge in [-0.1, -0.05) is 45.4 Å². The summed E-state index contributed by atoms with van der Waals surface area (Å²) in [5.74, 6) is 1.77. The Morgan fingerprint density at radius 2 is 1.55 bits per heavy atom. The van der Waals surface area contributed by atoms with Crippen LogP contribution in [0, 0.1) is 27.7 Å². The van der Waals surface area contributed by atoms with Crippen molar-refractivity contribution in [2.45, 2.75) is 67.7 Å². The molecule has 4 heteroatoms. The molecule has 4 nitrogen and oxygen atoms in total. The normalized spacial score (nSPS) is 11.5. The molecule has 0 bridgehead atoms. The number of nitrogens with zero attached hydrogens (tertiary/aromatic N) is 1. The lowest BCUT2D eigenvalue weighted by Crippen LogP contribution is -2.28. The SMILES string of the molecule is CCCCc1oc2ccccc2c1C(=O)c1c(C)c(C)c(OCCN(CC)CC)c(C)c1C. The highest BCUT2D eigenvalue weighted by Crippen LogP contribution is 2.36. The van der Waals surface area contributed by atoms with E-state index in [1.807, 2.05) is 38.1 Å². The van der Waals surface area contributed by atoms with Crippen LogP contribution in [0.1, 0.15) is 77.5 Å². The van der Waals surface area contributed by atoms with Crippen LogP contribution < -0.4 is 4.74 Å². The first-order valence-electron chi connectivity index (χ1n) is 12.4. The highest BCUT2D eigenvalue weighted by Gasteiger charge is 2.27. The number of carbonyl (C=O) groups excluding carboxylic acids is 1. The summed E-state index contributed by atoms with van der Waals surface area (Å²) in [6.07, 6.45) is 2.82. The molecule has 3 aromatic rings. The quantitative estimate of drug-likeness (QED) is 0.297. The molecule has 0 saturated heterocycles. The number of aryl methyl sites for hydroxylation is 1. The monoisotopic (exact) mass is 449 g/mol. The average molecular weight is 450 g/mol. The molecule has 0 N–H and O–H groups in total. The third-order valence-electron chi connectivity index (χ3n) is 6.98. The molecule has 0 aliphatic heterocycles. The van der Waals surface area contributed by atoms with E-state index in [9.17, 15) is 4.79 Å². The van der Waals surface area contributed by atoms with Gasteiger partial charge in [-0.3, -0.25) is 4.79 Å². The van der Waals surface area contributed by atoms with Gasteiger partial charge in [0.05, 0.1) is 5.56 Å². The fourth-order valence-electron chi connectivity index (χ4n) is 4.64. The molecule has 0 radical (unpaired) electrons. The number of hydrogen-bond acceptors (Lipinski definition) is 4. The van der Waals surface area contributed by atoms with Crippen LogP contribution >= 0.6 is 0 Å². The molecule has 0 unspecified atom stereocenters. The summed E-state index contributed by atoms with van der Waals surface area (Å²) >= 11 is 0. The fourth-order valence-corrected chi connectivity index (χ4v) is 4.64. The number of carbonyl (C=O) groups is 1. The van der Waals surface area contributed by atoms with Gasteiger partial charge in [0.15, 0.2) is 5.78 Å². The van der Waals surface area contributed by atoms with Crippen LogP contribution in [-0.4, -0.2) is 36.9 Å². The molecular weight excluding hydrogens is 410 g/mol. The minimum Gasteiger partial charge on any atom is -0.492 e. The first-order valence-corrected chi connectivity index (χ1v) is 12.4. The van der Waals surface area contributed by atoms with Gasteiger partial charge in [0.2, 0.25) is 0 Å². The van der Waals surface area contributed by atoms with Crippen molar-refractivity contribution in [1.29, 1.82) is 0 Å². The number of unbranched alkanes of at least 4 members (excludes halogenated alkanes) is 1. The lowest BCUT2D eigenvalue weighted by Gasteiger charge is -2.22. The average Bonchev–Trinajstić information content (AvgIpc) is 3.19. The molecule has 0 saturated carbocycles. The molecule has 0 aliphatic rings. The van der Waals surface area contributed by atoms with Gasteiger partial charge >= 0.3 is 0 Å². The Labute approximate surface area is 198 Å². The molecule has 1 heterocycles. The van der Waals surface area contributed by atoms with E-state index >= 15 is 0 Å². The predicted molar refractivity (Wildman–Crippen MR) is 137 cm³/mol. The van der Waals surface area contributed by atoms with Gasteiger partial charge in [0.25, 0.3) is 0 Å². The van der Waals surface area contributed by atoms with Crippen LogP contribution in [0.2, 0.25) is 0 Å². The van der Waals surface area contributed by atoms with Gasteiger partial charge in [0.1, 0.15) is 23.7 Å². The van der Waals surface area contributed by atoms with Crippen molar-refractivity contribution in [2.24, 2.45) is 0 Å². The van der Waals surface area contributed by atoms with Crippen molar-refractivity contribution >= 4 is 16.8 Å². The number of ether oxygens (including phenoxy) is 1. The first-order chi connectivity index (χ1) is 15.8. The maximum Gasteiger partial charge on any atom is 0.197 e. The van der Waals surface area contributed by atoms with Crippen LogP contribution in [0.15, 0.2) is 28.7 Å². The molecule has 0 atom stereocenters. The lowest BCUT2D eigenvalue weighted by atomic mass is 9.87. The molecular formula is C29H39NO3. The number of benzene rings is 2. The smallest absolute Gasteiger partial charge is 0.197 e. The van der Waals surface area contributed by atoms with Crippen molar-refractivity contribution in [2.75, 3.05) is 26.2 Å². The third kappa shape index (κ3) is 5.01. The Hall–Kier alpha value is -2.59. The maximum absolute atomic E-state index is 14.0. The van der Waals surface area contributed by atoms with Crippen LogP contribution in [0.5, 0.6) is 5.75 Å². The van der Waals surface area contributed by atoms with Gasteiger partial charge in [0, 0.05) is 23.9 Å². The topological polar surface area (TPSA) is 42.7 Å². The molecule has 1 aromatic heterocycles. The highest BCUT2D eigenvalue weighted by molar-refractivity contribution is 6.18. The van der Waals surface area contributed by atoms with Gasteiger partial charge < -0.3 is 14.1 Å². The summed E-state index contributed by atoms with van der Waals surface area (Å²) in [7, 11) is 0. The van der Waals surface area contributed by atoms with E-state index in [2.05, 4.69) is 39.5 Å². The number of likely N-dealkylation sites (N-methyl/N-ethyl adjacent to an activating group) is 1. The van der Waals surface area contributed by atoms with Gasteiger partial charge in [-0.15, -0.1) is 0 Å². The predicted octanol–water partition coefficient (Wildman–Crippen LogP) is 6.96. The van der Waals surface area contributed by atoms with Crippen molar-refractivity contribution in [1.82, 2.24) is 4.90 Å². The van der Waals surface area contributed by atoms with Crippen LogP contribution in [0.4, 0.5) is 0 Å². The molecule has 178 valence electrons. The summed E-state index contributed by atoms with van der Waals surface area (Å²) in [5, 5.41) is 0.905. The molecule has 2 aromatic carbocycles.